The summed E-state index contributed by atoms with van der Waals surface area (Å²) >= 11 is 0. The number of amides is 2. The van der Waals surface area contributed by atoms with Gasteiger partial charge in [-0.15, -0.1) is 0 Å². The van der Waals surface area contributed by atoms with E-state index in [0.29, 0.717) is 17.9 Å². The van der Waals surface area contributed by atoms with Gasteiger partial charge in [-0.3, -0.25) is 9.59 Å². The second-order valence-corrected chi connectivity index (χ2v) is 8.97. The first-order valence-corrected chi connectivity index (χ1v) is 11.7. The van der Waals surface area contributed by atoms with E-state index in [1.165, 1.54) is 0 Å². The van der Waals surface area contributed by atoms with Crippen LogP contribution >= 0.6 is 0 Å². The lowest BCUT2D eigenvalue weighted by molar-refractivity contribution is -0.118. The molecule has 1 heterocycles. The highest BCUT2D eigenvalue weighted by Crippen LogP contribution is 2.51. The van der Waals surface area contributed by atoms with E-state index in [2.05, 4.69) is 10.6 Å². The molecule has 0 spiro atoms. The molecule has 0 aromatic heterocycles. The van der Waals surface area contributed by atoms with E-state index in [-0.39, 0.29) is 20.0 Å². The lowest BCUT2D eigenvalue weighted by atomic mass is 9.94. The Morgan fingerprint density at radius 3 is 2.47 bits per heavy atom. The zero-order valence-electron chi connectivity index (χ0n) is 19.4. The number of nitrogens with one attached hydrogen (secondary N) is 2. The number of hydrogen-bond acceptors (Lipinski definition) is 4. The zero-order valence-corrected chi connectivity index (χ0v) is 19.4. The van der Waals surface area contributed by atoms with Crippen LogP contribution < -0.4 is 20.1 Å². The van der Waals surface area contributed by atoms with E-state index in [4.69, 9.17) is 9.47 Å². The van der Waals surface area contributed by atoms with Crippen LogP contribution in [0.4, 0.5) is 5.69 Å². The van der Waals surface area contributed by atoms with E-state index in [0.717, 1.165) is 53.0 Å². The maximum Gasteiger partial charge on any atom is 0.251 e. The number of carbonyl (C=O) groups is 2. The van der Waals surface area contributed by atoms with Gasteiger partial charge in [-0.25, -0.2) is 0 Å². The van der Waals surface area contributed by atoms with Crippen LogP contribution in [-0.4, -0.2) is 25.2 Å². The highest BCUT2D eigenvalue weighted by Gasteiger charge is 2.51. The van der Waals surface area contributed by atoms with Crippen molar-refractivity contribution in [2.45, 2.75) is 38.5 Å². The van der Waals surface area contributed by atoms with E-state index >= 15 is 0 Å². The lowest BCUT2D eigenvalue weighted by Gasteiger charge is -2.17. The third-order valence-electron chi connectivity index (χ3n) is 6.60. The molecule has 0 saturated heterocycles. The van der Waals surface area contributed by atoms with Gasteiger partial charge in [-0.05, 0) is 84.8 Å². The fourth-order valence-corrected chi connectivity index (χ4v) is 4.37. The van der Waals surface area contributed by atoms with Crippen molar-refractivity contribution in [3.63, 3.8) is 0 Å². The first-order valence-electron chi connectivity index (χ1n) is 11.7. The van der Waals surface area contributed by atoms with Crippen LogP contribution in [0.2, 0.25) is 0 Å². The Morgan fingerprint density at radius 1 is 0.971 bits per heavy atom. The topological polar surface area (TPSA) is 76.7 Å². The molecule has 176 valence electrons. The summed E-state index contributed by atoms with van der Waals surface area (Å²) in [4.78, 5) is 25.5. The van der Waals surface area contributed by atoms with Gasteiger partial charge >= 0.3 is 0 Å². The maximum absolute atomic E-state index is 13.3. The average molecular weight is 459 g/mol. The highest BCUT2D eigenvalue weighted by molar-refractivity contribution is 6.02. The van der Waals surface area contributed by atoms with Gasteiger partial charge in [0.15, 0.2) is 11.5 Å². The fraction of sp³-hybridized carbons (Fsp3) is 0.286. The number of aryl methyl sites for hydroxylation is 1. The van der Waals surface area contributed by atoms with Crippen molar-refractivity contribution in [3.8, 4) is 22.6 Å². The van der Waals surface area contributed by atoms with E-state index in [9.17, 15) is 9.59 Å². The summed E-state index contributed by atoms with van der Waals surface area (Å²) in [6.45, 7) is 4.94. The van der Waals surface area contributed by atoms with Crippen molar-refractivity contribution < 1.29 is 20.5 Å². The van der Waals surface area contributed by atoms with E-state index in [1.807, 2.05) is 74.5 Å². The molecule has 2 aliphatic rings. The standard InChI is InChI=1S/C28H28N2O4.H2/c1-3-14-29-26(31)20-7-5-19(6-8-20)23-16-22(10-4-18(23)2)30-27(32)28(12-13-28)21-9-11-24-25(15-21)34-17-33-24;/h4-11,15-16H,3,12-14,17H2,1-2H3,(H,29,31)(H,30,32);1H. The van der Waals surface area contributed by atoms with Gasteiger partial charge in [0.05, 0.1) is 5.41 Å². The first kappa shape index (κ1) is 22.0. The van der Waals surface area contributed by atoms with Crippen LogP contribution in [0.5, 0.6) is 11.5 Å². The van der Waals surface area contributed by atoms with Crippen LogP contribution in [0.15, 0.2) is 60.7 Å². The second-order valence-electron chi connectivity index (χ2n) is 8.97. The minimum Gasteiger partial charge on any atom is -0.454 e. The normalized spacial score (nSPS) is 15.0. The molecule has 6 heteroatoms. The van der Waals surface area contributed by atoms with Crippen molar-refractivity contribution in [2.75, 3.05) is 18.7 Å². The molecule has 1 fully saturated rings. The number of rotatable bonds is 7. The highest BCUT2D eigenvalue weighted by atomic mass is 16.7. The molecule has 0 atom stereocenters. The average Bonchev–Trinajstić information content (AvgIpc) is 3.54. The molecule has 0 unspecified atom stereocenters. The Balaban J connectivity index is 0.00000289. The van der Waals surface area contributed by atoms with Gasteiger partial charge in [-0.2, -0.15) is 0 Å². The summed E-state index contributed by atoms with van der Waals surface area (Å²) in [7, 11) is 0. The van der Waals surface area contributed by atoms with Crippen LogP contribution in [-0.2, 0) is 10.2 Å². The van der Waals surface area contributed by atoms with Crippen LogP contribution in [0, 0.1) is 6.92 Å². The molecule has 3 aromatic rings. The molecule has 0 radical (unpaired) electrons. The number of hydrogen-bond donors (Lipinski definition) is 2. The van der Waals surface area contributed by atoms with Crippen LogP contribution in [0.1, 0.15) is 49.1 Å². The summed E-state index contributed by atoms with van der Waals surface area (Å²) in [5.74, 6) is 1.34. The summed E-state index contributed by atoms with van der Waals surface area (Å²) in [5.41, 5.74) is 4.93. The number of benzene rings is 3. The van der Waals surface area contributed by atoms with Gasteiger partial charge in [0.25, 0.3) is 5.91 Å². The summed E-state index contributed by atoms with van der Waals surface area (Å²) < 4.78 is 10.9. The molecule has 1 saturated carbocycles. The SMILES string of the molecule is CCCNC(=O)c1ccc(-c2cc(NC(=O)C3(c4ccc5c(c4)OCO5)CC3)ccc2C)cc1.[HH]. The van der Waals surface area contributed by atoms with Gasteiger partial charge in [0.2, 0.25) is 12.7 Å². The molecule has 1 aliphatic heterocycles. The first-order chi connectivity index (χ1) is 16.5. The molecule has 5 rings (SSSR count). The molecular formula is C28H30N2O4. The largest absolute Gasteiger partial charge is 0.454 e. The van der Waals surface area contributed by atoms with Gasteiger partial charge in [-0.1, -0.05) is 31.2 Å². The summed E-state index contributed by atoms with van der Waals surface area (Å²) in [6, 6.07) is 19.3. The van der Waals surface area contributed by atoms with Crippen LogP contribution in [0.3, 0.4) is 0 Å². The summed E-state index contributed by atoms with van der Waals surface area (Å²) in [6.07, 6.45) is 2.51. The number of ether oxygens (including phenoxy) is 2. The molecule has 1 aliphatic carbocycles. The monoisotopic (exact) mass is 458 g/mol. The smallest absolute Gasteiger partial charge is 0.251 e. The minimum atomic E-state index is -0.528. The Hall–Kier alpha value is -3.80. The Kier molecular flexibility index (Phi) is 5.74. The third-order valence-corrected chi connectivity index (χ3v) is 6.60. The van der Waals surface area contributed by atoms with Gasteiger partial charge in [0, 0.05) is 19.2 Å². The molecule has 6 nitrogen and oxygen atoms in total. The molecule has 0 bridgehead atoms. The molecule has 2 N–H and O–H groups in total. The van der Waals surface area contributed by atoms with Crippen molar-refractivity contribution in [3.05, 3.63) is 77.4 Å². The quantitative estimate of drug-likeness (QED) is 0.494. The van der Waals surface area contributed by atoms with Crippen molar-refractivity contribution in [1.29, 1.82) is 0 Å². The van der Waals surface area contributed by atoms with Crippen molar-refractivity contribution >= 4 is 17.5 Å². The second kappa shape index (κ2) is 8.86. The summed E-state index contributed by atoms with van der Waals surface area (Å²) in [5, 5.41) is 6.02. The Bertz CT molecular complexity index is 1250. The predicted octanol–water partition coefficient (Wildman–Crippen LogP) is 5.45. The van der Waals surface area contributed by atoms with Gasteiger partial charge < -0.3 is 20.1 Å². The predicted molar refractivity (Wildman–Crippen MR) is 133 cm³/mol. The molecule has 2 amide bonds. The van der Waals surface area contributed by atoms with Gasteiger partial charge in [0.1, 0.15) is 0 Å². The third kappa shape index (κ3) is 4.12. The number of anilines is 1. The van der Waals surface area contributed by atoms with Crippen LogP contribution in [0.25, 0.3) is 11.1 Å². The Morgan fingerprint density at radius 2 is 1.74 bits per heavy atom. The zero-order chi connectivity index (χ0) is 23.7. The number of carbonyl (C=O) groups excluding carboxylic acids is 2. The lowest BCUT2D eigenvalue weighted by Crippen LogP contribution is -2.27. The maximum atomic E-state index is 13.3. The van der Waals surface area contributed by atoms with E-state index in [1.54, 1.807) is 0 Å². The van der Waals surface area contributed by atoms with Crippen molar-refractivity contribution in [2.24, 2.45) is 0 Å². The van der Waals surface area contributed by atoms with Crippen molar-refractivity contribution in [1.82, 2.24) is 5.32 Å². The molecule has 3 aromatic carbocycles. The fourth-order valence-electron chi connectivity index (χ4n) is 4.37. The number of fused-ring (bicyclic) bond motifs is 1. The molecule has 34 heavy (non-hydrogen) atoms. The molecular weight excluding hydrogens is 428 g/mol. The van der Waals surface area contributed by atoms with E-state index < -0.39 is 5.41 Å². The Labute approximate surface area is 200 Å². The minimum absolute atomic E-state index is 0.